The minimum absolute atomic E-state index is 0.726. The maximum atomic E-state index is 10.2. The second-order valence-corrected chi connectivity index (χ2v) is 2.14. The van der Waals surface area contributed by atoms with E-state index in [0.29, 0.717) is 0 Å². The zero-order valence-electron chi connectivity index (χ0n) is 6.11. The van der Waals surface area contributed by atoms with Crippen LogP contribution in [-0.4, -0.2) is 22.3 Å². The molecule has 3 heteroatoms. The molecular weight excluding hydrogens is 132 g/mol. The van der Waals surface area contributed by atoms with E-state index in [1.165, 1.54) is 13.0 Å². The van der Waals surface area contributed by atoms with E-state index < -0.39 is 18.0 Å². The summed E-state index contributed by atoms with van der Waals surface area (Å²) in [6, 6.07) is 0. The molecule has 3 nitrogen and oxygen atoms in total. The lowest BCUT2D eigenvalue weighted by atomic mass is 10.1. The Morgan fingerprint density at radius 3 is 2.40 bits per heavy atom. The fraction of sp³-hybridized carbons (Fsp3) is 0.571. The molecule has 58 valence electrons. The zero-order valence-corrected chi connectivity index (χ0v) is 6.11. The van der Waals surface area contributed by atoms with Gasteiger partial charge >= 0.3 is 5.97 Å². The van der Waals surface area contributed by atoms with Gasteiger partial charge in [-0.2, -0.15) is 0 Å². The summed E-state index contributed by atoms with van der Waals surface area (Å²) < 4.78 is 0. The lowest BCUT2D eigenvalue weighted by Crippen LogP contribution is -2.23. The summed E-state index contributed by atoms with van der Waals surface area (Å²) in [6.07, 6.45) is 2.21. The first-order valence-corrected chi connectivity index (χ1v) is 3.13. The third-order valence-electron chi connectivity index (χ3n) is 1.29. The van der Waals surface area contributed by atoms with Gasteiger partial charge in [-0.1, -0.05) is 12.2 Å². The van der Waals surface area contributed by atoms with Crippen molar-refractivity contribution in [2.24, 2.45) is 5.92 Å². The van der Waals surface area contributed by atoms with Crippen LogP contribution in [0.4, 0.5) is 0 Å². The van der Waals surface area contributed by atoms with E-state index in [1.807, 2.05) is 0 Å². The topological polar surface area (TPSA) is 57.5 Å². The molecule has 0 rings (SSSR count). The molecule has 0 aliphatic carbocycles. The number of aliphatic hydroxyl groups is 1. The molecule has 0 aromatic carbocycles. The monoisotopic (exact) mass is 144 g/mol. The first-order valence-electron chi connectivity index (χ1n) is 3.13. The summed E-state index contributed by atoms with van der Waals surface area (Å²) in [5.74, 6) is -1.71. The average Bonchev–Trinajstić information content (AvgIpc) is 1.87. The van der Waals surface area contributed by atoms with Crippen molar-refractivity contribution in [2.45, 2.75) is 20.0 Å². The maximum Gasteiger partial charge on any atom is 0.309 e. The largest absolute Gasteiger partial charge is 0.481 e. The van der Waals surface area contributed by atoms with Gasteiger partial charge in [0.05, 0.1) is 12.0 Å². The van der Waals surface area contributed by atoms with Gasteiger partial charge in [-0.05, 0) is 13.8 Å². The van der Waals surface area contributed by atoms with Crippen LogP contribution in [0, 0.1) is 5.92 Å². The standard InChI is InChI=1S/C7H12O3/c1-3-4-6(8)5(2)7(9)10/h3-6,8H,1-2H3,(H,9,10)/b4-3+/t5-,6-/m1/s1. The maximum absolute atomic E-state index is 10.2. The van der Waals surface area contributed by atoms with E-state index in [9.17, 15) is 4.79 Å². The van der Waals surface area contributed by atoms with Gasteiger partial charge in [-0.15, -0.1) is 0 Å². The Kier molecular flexibility index (Phi) is 3.72. The summed E-state index contributed by atoms with van der Waals surface area (Å²) in [5, 5.41) is 17.4. The molecule has 0 aromatic rings. The third-order valence-corrected chi connectivity index (χ3v) is 1.29. The molecule has 0 amide bonds. The van der Waals surface area contributed by atoms with Crippen molar-refractivity contribution in [3.63, 3.8) is 0 Å². The summed E-state index contributed by atoms with van der Waals surface area (Å²) >= 11 is 0. The third kappa shape index (κ3) is 2.64. The van der Waals surface area contributed by atoms with Gasteiger partial charge in [-0.25, -0.2) is 0 Å². The second kappa shape index (κ2) is 4.06. The molecule has 2 N–H and O–H groups in total. The highest BCUT2D eigenvalue weighted by atomic mass is 16.4. The summed E-state index contributed by atoms with van der Waals surface area (Å²) in [5.41, 5.74) is 0. The van der Waals surface area contributed by atoms with Gasteiger partial charge in [0.1, 0.15) is 0 Å². The Morgan fingerprint density at radius 1 is 1.60 bits per heavy atom. The second-order valence-electron chi connectivity index (χ2n) is 2.14. The van der Waals surface area contributed by atoms with Gasteiger partial charge in [0.2, 0.25) is 0 Å². The number of carbonyl (C=O) groups is 1. The highest BCUT2D eigenvalue weighted by molar-refractivity contribution is 5.70. The van der Waals surface area contributed by atoms with Gasteiger partial charge in [0.25, 0.3) is 0 Å². The molecule has 10 heavy (non-hydrogen) atoms. The zero-order chi connectivity index (χ0) is 8.15. The number of carboxylic acid groups (broad SMARTS) is 1. The average molecular weight is 144 g/mol. The number of hydrogen-bond donors (Lipinski definition) is 2. The molecule has 0 aromatic heterocycles. The lowest BCUT2D eigenvalue weighted by Gasteiger charge is -2.08. The van der Waals surface area contributed by atoms with Crippen LogP contribution in [0.15, 0.2) is 12.2 Å². The number of hydrogen-bond acceptors (Lipinski definition) is 2. The molecule has 2 atom stereocenters. The van der Waals surface area contributed by atoms with Crippen molar-refractivity contribution < 1.29 is 15.0 Å². The lowest BCUT2D eigenvalue weighted by molar-refractivity contribution is -0.143. The minimum atomic E-state index is -0.981. The van der Waals surface area contributed by atoms with E-state index in [1.54, 1.807) is 13.0 Å². The van der Waals surface area contributed by atoms with Gasteiger partial charge in [-0.3, -0.25) is 4.79 Å². The normalized spacial score (nSPS) is 17.1. The molecular formula is C7H12O3. The summed E-state index contributed by atoms with van der Waals surface area (Å²) in [7, 11) is 0. The molecule has 0 radical (unpaired) electrons. The van der Waals surface area contributed by atoms with Gasteiger partial charge in [0.15, 0.2) is 0 Å². The van der Waals surface area contributed by atoms with Crippen LogP contribution in [0.25, 0.3) is 0 Å². The Balaban J connectivity index is 3.93. The fourth-order valence-electron chi connectivity index (χ4n) is 0.510. The molecule has 0 heterocycles. The van der Waals surface area contributed by atoms with Crippen molar-refractivity contribution >= 4 is 5.97 Å². The van der Waals surface area contributed by atoms with Crippen LogP contribution in [0.3, 0.4) is 0 Å². The predicted molar refractivity (Wildman–Crippen MR) is 37.6 cm³/mol. The van der Waals surface area contributed by atoms with Crippen molar-refractivity contribution in [2.75, 3.05) is 0 Å². The first-order chi connectivity index (χ1) is 4.59. The molecule has 0 bridgehead atoms. The molecule has 0 spiro atoms. The van der Waals surface area contributed by atoms with Crippen LogP contribution in [-0.2, 0) is 4.79 Å². The molecule has 0 aliphatic rings. The van der Waals surface area contributed by atoms with E-state index >= 15 is 0 Å². The first kappa shape index (κ1) is 9.17. The highest BCUT2D eigenvalue weighted by Crippen LogP contribution is 2.03. The van der Waals surface area contributed by atoms with E-state index in [2.05, 4.69) is 0 Å². The van der Waals surface area contributed by atoms with E-state index in [0.717, 1.165) is 0 Å². The SMILES string of the molecule is C/C=C/[C@@H](O)[C@@H](C)C(=O)O. The summed E-state index contributed by atoms with van der Waals surface area (Å²) in [4.78, 5) is 10.2. The number of aliphatic carboxylic acids is 1. The number of allylic oxidation sites excluding steroid dienone is 1. The van der Waals surface area contributed by atoms with Gasteiger partial charge < -0.3 is 10.2 Å². The van der Waals surface area contributed by atoms with Crippen LogP contribution in [0.1, 0.15) is 13.8 Å². The van der Waals surface area contributed by atoms with Crippen molar-refractivity contribution in [3.05, 3.63) is 12.2 Å². The minimum Gasteiger partial charge on any atom is -0.481 e. The van der Waals surface area contributed by atoms with E-state index in [-0.39, 0.29) is 0 Å². The Morgan fingerprint density at radius 2 is 2.10 bits per heavy atom. The van der Waals surface area contributed by atoms with Crippen molar-refractivity contribution in [1.29, 1.82) is 0 Å². The Hall–Kier alpha value is -0.830. The van der Waals surface area contributed by atoms with E-state index in [4.69, 9.17) is 10.2 Å². The number of aliphatic hydroxyl groups excluding tert-OH is 1. The van der Waals surface area contributed by atoms with Crippen molar-refractivity contribution in [3.8, 4) is 0 Å². The quantitative estimate of drug-likeness (QED) is 0.571. The van der Waals surface area contributed by atoms with Crippen molar-refractivity contribution in [1.82, 2.24) is 0 Å². The van der Waals surface area contributed by atoms with Crippen LogP contribution in [0.5, 0.6) is 0 Å². The molecule has 0 unspecified atom stereocenters. The molecule has 0 saturated carbocycles. The number of rotatable bonds is 3. The Labute approximate surface area is 60.0 Å². The molecule has 0 fully saturated rings. The predicted octanol–water partition coefficient (Wildman–Crippen LogP) is 0.644. The van der Waals surface area contributed by atoms with Crippen LogP contribution in [0.2, 0.25) is 0 Å². The smallest absolute Gasteiger partial charge is 0.309 e. The molecule has 0 saturated heterocycles. The van der Waals surface area contributed by atoms with Crippen LogP contribution >= 0.6 is 0 Å². The highest BCUT2D eigenvalue weighted by Gasteiger charge is 2.17. The van der Waals surface area contributed by atoms with Gasteiger partial charge in [0, 0.05) is 0 Å². The fourth-order valence-corrected chi connectivity index (χ4v) is 0.510. The Bertz CT molecular complexity index is 140. The molecule has 0 aliphatic heterocycles. The van der Waals surface area contributed by atoms with Crippen LogP contribution < -0.4 is 0 Å². The number of carboxylic acids is 1. The summed E-state index contributed by atoms with van der Waals surface area (Å²) in [6.45, 7) is 3.20.